The van der Waals surface area contributed by atoms with Gasteiger partial charge < -0.3 is 10.1 Å². The maximum absolute atomic E-state index is 12.1. The van der Waals surface area contributed by atoms with Crippen molar-refractivity contribution in [3.8, 4) is 22.6 Å². The van der Waals surface area contributed by atoms with E-state index < -0.39 is 11.9 Å². The molecule has 0 radical (unpaired) electrons. The number of carboxylic acids is 1. The molecule has 0 spiro atoms. The SMILES string of the molecule is CCCC(C(=O)O)c1c(C)nc(-c2ccccc2)nc1-c1ccc2cc[nH]c2c1. The van der Waals surface area contributed by atoms with E-state index in [0.717, 1.165) is 28.5 Å². The van der Waals surface area contributed by atoms with Crippen molar-refractivity contribution in [3.63, 3.8) is 0 Å². The second-order valence-corrected chi connectivity index (χ2v) is 7.22. The van der Waals surface area contributed by atoms with E-state index in [2.05, 4.69) is 9.97 Å². The van der Waals surface area contributed by atoms with Crippen molar-refractivity contribution in [3.05, 3.63) is 72.1 Å². The fourth-order valence-electron chi connectivity index (χ4n) is 3.81. The number of hydrogen-bond acceptors (Lipinski definition) is 3. The van der Waals surface area contributed by atoms with Gasteiger partial charge in [-0.25, -0.2) is 9.97 Å². The summed E-state index contributed by atoms with van der Waals surface area (Å²) in [6, 6.07) is 17.8. The Kier molecular flexibility index (Phi) is 5.12. The van der Waals surface area contributed by atoms with Crippen LogP contribution in [0.5, 0.6) is 0 Å². The summed E-state index contributed by atoms with van der Waals surface area (Å²) in [5.41, 5.74) is 4.89. The number of rotatable bonds is 6. The van der Waals surface area contributed by atoms with Gasteiger partial charge >= 0.3 is 5.97 Å². The first kappa shape index (κ1) is 18.9. The highest BCUT2D eigenvalue weighted by atomic mass is 16.4. The van der Waals surface area contributed by atoms with Gasteiger partial charge in [0.15, 0.2) is 5.82 Å². The van der Waals surface area contributed by atoms with Gasteiger partial charge in [0.05, 0.1) is 11.6 Å². The predicted octanol–water partition coefficient (Wildman–Crippen LogP) is 5.57. The van der Waals surface area contributed by atoms with Gasteiger partial charge in [0.1, 0.15) is 0 Å². The lowest BCUT2D eigenvalue weighted by Gasteiger charge is -2.19. The normalized spacial score (nSPS) is 12.2. The third-order valence-corrected chi connectivity index (χ3v) is 5.22. The molecule has 4 aromatic rings. The zero-order chi connectivity index (χ0) is 20.4. The molecule has 0 amide bonds. The number of H-pyrrole nitrogens is 1. The van der Waals surface area contributed by atoms with Crippen LogP contribution in [-0.4, -0.2) is 26.0 Å². The largest absolute Gasteiger partial charge is 0.481 e. The Morgan fingerprint density at radius 2 is 1.86 bits per heavy atom. The highest BCUT2D eigenvalue weighted by molar-refractivity contribution is 5.87. The number of aromatic nitrogens is 3. The lowest BCUT2D eigenvalue weighted by Crippen LogP contribution is -2.16. The van der Waals surface area contributed by atoms with Crippen LogP contribution < -0.4 is 0 Å². The first-order valence-electron chi connectivity index (χ1n) is 9.82. The van der Waals surface area contributed by atoms with Gasteiger partial charge in [0.2, 0.25) is 0 Å². The maximum atomic E-state index is 12.1. The van der Waals surface area contributed by atoms with E-state index in [1.807, 2.05) is 74.6 Å². The highest BCUT2D eigenvalue weighted by Crippen LogP contribution is 2.35. The topological polar surface area (TPSA) is 78.9 Å². The Morgan fingerprint density at radius 1 is 1.07 bits per heavy atom. The lowest BCUT2D eigenvalue weighted by molar-refractivity contribution is -0.139. The fourth-order valence-corrected chi connectivity index (χ4v) is 3.81. The first-order chi connectivity index (χ1) is 14.1. The number of aliphatic carboxylic acids is 1. The number of nitrogens with zero attached hydrogens (tertiary/aromatic N) is 2. The number of aromatic amines is 1. The zero-order valence-corrected chi connectivity index (χ0v) is 16.5. The van der Waals surface area contributed by atoms with E-state index in [-0.39, 0.29) is 0 Å². The van der Waals surface area contributed by atoms with Gasteiger partial charge in [-0.15, -0.1) is 0 Å². The van der Waals surface area contributed by atoms with Crippen molar-refractivity contribution in [1.82, 2.24) is 15.0 Å². The molecule has 0 bridgehead atoms. The van der Waals surface area contributed by atoms with Gasteiger partial charge in [-0.2, -0.15) is 0 Å². The van der Waals surface area contributed by atoms with Crippen LogP contribution in [0.15, 0.2) is 60.8 Å². The molecule has 5 heteroatoms. The molecule has 0 saturated carbocycles. The van der Waals surface area contributed by atoms with Gasteiger partial charge in [0.25, 0.3) is 0 Å². The Balaban J connectivity index is 1.97. The monoisotopic (exact) mass is 385 g/mol. The molecule has 2 aromatic heterocycles. The Morgan fingerprint density at radius 3 is 2.59 bits per heavy atom. The van der Waals surface area contributed by atoms with E-state index in [0.29, 0.717) is 29.2 Å². The predicted molar refractivity (Wildman–Crippen MR) is 115 cm³/mol. The smallest absolute Gasteiger partial charge is 0.311 e. The summed E-state index contributed by atoms with van der Waals surface area (Å²) in [5.74, 6) is -0.874. The maximum Gasteiger partial charge on any atom is 0.311 e. The molecule has 0 fully saturated rings. The number of carboxylic acid groups (broad SMARTS) is 1. The van der Waals surface area contributed by atoms with Gasteiger partial charge in [-0.1, -0.05) is 55.8 Å². The molecule has 0 aliphatic rings. The summed E-state index contributed by atoms with van der Waals surface area (Å²) >= 11 is 0. The Hall–Kier alpha value is -3.47. The van der Waals surface area contributed by atoms with Crippen molar-refractivity contribution < 1.29 is 9.90 Å². The summed E-state index contributed by atoms with van der Waals surface area (Å²) in [5, 5.41) is 11.0. The number of hydrogen-bond donors (Lipinski definition) is 2. The van der Waals surface area contributed by atoms with E-state index in [9.17, 15) is 9.90 Å². The molecule has 2 N–H and O–H groups in total. The fraction of sp³-hybridized carbons (Fsp3) is 0.208. The minimum Gasteiger partial charge on any atom is -0.481 e. The number of benzene rings is 2. The molecule has 1 atom stereocenters. The summed E-state index contributed by atoms with van der Waals surface area (Å²) in [4.78, 5) is 24.9. The second kappa shape index (κ2) is 7.87. The summed E-state index contributed by atoms with van der Waals surface area (Å²) in [6.45, 7) is 3.88. The Labute approximate surface area is 169 Å². The van der Waals surface area contributed by atoms with E-state index in [1.165, 1.54) is 0 Å². The highest BCUT2D eigenvalue weighted by Gasteiger charge is 2.27. The molecular weight excluding hydrogens is 362 g/mol. The minimum atomic E-state index is -0.840. The summed E-state index contributed by atoms with van der Waals surface area (Å²) in [6.07, 6.45) is 3.21. The van der Waals surface area contributed by atoms with Crippen molar-refractivity contribution in [2.24, 2.45) is 0 Å². The molecule has 2 heterocycles. The molecule has 0 aliphatic heterocycles. The number of aryl methyl sites for hydroxylation is 1. The van der Waals surface area contributed by atoms with Crippen molar-refractivity contribution in [2.75, 3.05) is 0 Å². The molecule has 0 saturated heterocycles. The minimum absolute atomic E-state index is 0.544. The van der Waals surface area contributed by atoms with Crippen LogP contribution >= 0.6 is 0 Å². The van der Waals surface area contributed by atoms with Crippen LogP contribution in [0.25, 0.3) is 33.5 Å². The first-order valence-corrected chi connectivity index (χ1v) is 9.82. The van der Waals surface area contributed by atoms with Gasteiger partial charge in [0, 0.05) is 34.1 Å². The van der Waals surface area contributed by atoms with Gasteiger partial charge in [-0.3, -0.25) is 4.79 Å². The molecular formula is C24H23N3O2. The molecule has 2 aromatic carbocycles. The summed E-state index contributed by atoms with van der Waals surface area (Å²) in [7, 11) is 0. The molecule has 4 rings (SSSR count). The molecule has 1 unspecified atom stereocenters. The van der Waals surface area contributed by atoms with Crippen LogP contribution in [0.4, 0.5) is 0 Å². The molecule has 5 nitrogen and oxygen atoms in total. The standard InChI is InChI=1S/C24H23N3O2/c1-3-7-19(24(28)29)21-15(2)26-23(17-8-5-4-6-9-17)27-22(21)18-11-10-16-12-13-25-20(16)14-18/h4-6,8-14,19,25H,3,7H2,1-2H3,(H,28,29). The van der Waals surface area contributed by atoms with Crippen molar-refractivity contribution >= 4 is 16.9 Å². The van der Waals surface area contributed by atoms with Crippen LogP contribution in [0.3, 0.4) is 0 Å². The number of carbonyl (C=O) groups is 1. The van der Waals surface area contributed by atoms with Crippen molar-refractivity contribution in [1.29, 1.82) is 0 Å². The van der Waals surface area contributed by atoms with Crippen LogP contribution in [0.2, 0.25) is 0 Å². The number of fused-ring (bicyclic) bond motifs is 1. The van der Waals surface area contributed by atoms with Gasteiger partial charge in [-0.05, 0) is 30.9 Å². The third-order valence-electron chi connectivity index (χ3n) is 5.22. The van der Waals surface area contributed by atoms with E-state index in [1.54, 1.807) is 0 Å². The lowest BCUT2D eigenvalue weighted by atomic mass is 9.89. The van der Waals surface area contributed by atoms with E-state index in [4.69, 9.17) is 4.98 Å². The number of nitrogens with one attached hydrogen (secondary N) is 1. The second-order valence-electron chi connectivity index (χ2n) is 7.22. The molecule has 0 aliphatic carbocycles. The third kappa shape index (κ3) is 3.63. The van der Waals surface area contributed by atoms with E-state index >= 15 is 0 Å². The molecule has 146 valence electrons. The average molecular weight is 385 g/mol. The quantitative estimate of drug-likeness (QED) is 0.455. The Bertz CT molecular complexity index is 1170. The van der Waals surface area contributed by atoms with Crippen LogP contribution in [0, 0.1) is 6.92 Å². The van der Waals surface area contributed by atoms with Crippen LogP contribution in [0.1, 0.15) is 36.9 Å². The summed E-state index contributed by atoms with van der Waals surface area (Å²) < 4.78 is 0. The van der Waals surface area contributed by atoms with Crippen molar-refractivity contribution in [2.45, 2.75) is 32.6 Å². The average Bonchev–Trinajstić information content (AvgIpc) is 3.20. The molecule has 29 heavy (non-hydrogen) atoms. The zero-order valence-electron chi connectivity index (χ0n) is 16.5. The van der Waals surface area contributed by atoms with Crippen LogP contribution in [-0.2, 0) is 4.79 Å².